The van der Waals surface area contributed by atoms with Crippen LogP contribution in [-0.2, 0) is 20.4 Å². The molecule has 1 amide bonds. The molecule has 1 atom stereocenters. The molecule has 1 N–H and O–H groups in total. The van der Waals surface area contributed by atoms with Gasteiger partial charge < -0.3 is 10.0 Å². The standard InChI is InChI=1S/C22H23F3N2O5S/c1-16(28)17-7-9-19(10-8-17)33(31,32)27-13-11-26(12-14-27)20(29)15-21(30,22(23,24)25)18-5-3-2-4-6-18/h2-10,30H,11-15H2,1H3/t21-/m0/s1. The van der Waals surface area contributed by atoms with E-state index in [0.29, 0.717) is 5.56 Å². The Balaban J connectivity index is 1.70. The second-order valence-electron chi connectivity index (χ2n) is 7.77. The molecule has 0 radical (unpaired) electrons. The van der Waals surface area contributed by atoms with Crippen LogP contribution < -0.4 is 0 Å². The lowest BCUT2D eigenvalue weighted by atomic mass is 9.89. The second-order valence-corrected chi connectivity index (χ2v) is 9.70. The number of benzene rings is 2. The number of sulfonamides is 1. The van der Waals surface area contributed by atoms with Crippen molar-refractivity contribution in [1.29, 1.82) is 0 Å². The average molecular weight is 484 g/mol. The zero-order valence-electron chi connectivity index (χ0n) is 17.7. The van der Waals surface area contributed by atoms with Gasteiger partial charge in [-0.05, 0) is 24.6 Å². The van der Waals surface area contributed by atoms with E-state index in [0.717, 1.165) is 21.3 Å². The van der Waals surface area contributed by atoms with Crippen molar-refractivity contribution >= 4 is 21.7 Å². The maximum absolute atomic E-state index is 13.7. The van der Waals surface area contributed by atoms with Gasteiger partial charge in [-0.3, -0.25) is 9.59 Å². The summed E-state index contributed by atoms with van der Waals surface area (Å²) in [5, 5.41) is 10.4. The molecule has 3 rings (SSSR count). The number of nitrogens with zero attached hydrogens (tertiary/aromatic N) is 2. The fraction of sp³-hybridized carbons (Fsp3) is 0.364. The number of amides is 1. The van der Waals surface area contributed by atoms with Crippen molar-refractivity contribution < 1.29 is 36.3 Å². The van der Waals surface area contributed by atoms with E-state index >= 15 is 0 Å². The SMILES string of the molecule is CC(=O)c1ccc(S(=O)(=O)N2CCN(C(=O)C[C@](O)(c3ccccc3)C(F)(F)F)CC2)cc1. The third-order valence-corrected chi connectivity index (χ3v) is 7.53. The van der Waals surface area contributed by atoms with Gasteiger partial charge in [-0.15, -0.1) is 0 Å². The molecule has 11 heteroatoms. The van der Waals surface area contributed by atoms with Crippen molar-refractivity contribution in [1.82, 2.24) is 9.21 Å². The fourth-order valence-electron chi connectivity index (χ4n) is 3.60. The van der Waals surface area contributed by atoms with Gasteiger partial charge in [-0.2, -0.15) is 17.5 Å². The third kappa shape index (κ3) is 5.10. The van der Waals surface area contributed by atoms with Gasteiger partial charge in [0.2, 0.25) is 15.9 Å². The molecule has 33 heavy (non-hydrogen) atoms. The number of carbonyl (C=O) groups excluding carboxylic acids is 2. The Hall–Kier alpha value is -2.76. The number of carbonyl (C=O) groups is 2. The number of Topliss-reactive ketones (excluding diaryl/α,β-unsaturated/α-hetero) is 1. The molecule has 0 bridgehead atoms. The number of rotatable bonds is 6. The minimum atomic E-state index is -5.08. The van der Waals surface area contributed by atoms with Gasteiger partial charge in [-0.1, -0.05) is 42.5 Å². The molecule has 0 aliphatic carbocycles. The highest BCUT2D eigenvalue weighted by Crippen LogP contribution is 2.42. The normalized spacial score (nSPS) is 17.4. The number of halogens is 3. The maximum atomic E-state index is 13.7. The van der Waals surface area contributed by atoms with Gasteiger partial charge in [-0.25, -0.2) is 8.42 Å². The summed E-state index contributed by atoms with van der Waals surface area (Å²) in [5.41, 5.74) is -3.44. The number of hydrogen-bond donors (Lipinski definition) is 1. The number of aliphatic hydroxyl groups is 1. The molecule has 2 aromatic carbocycles. The van der Waals surface area contributed by atoms with Crippen LogP contribution in [0.1, 0.15) is 29.3 Å². The van der Waals surface area contributed by atoms with E-state index in [9.17, 15) is 36.3 Å². The highest BCUT2D eigenvalue weighted by Gasteiger charge is 2.56. The number of hydrogen-bond acceptors (Lipinski definition) is 5. The van der Waals surface area contributed by atoms with Crippen LogP contribution in [-0.4, -0.2) is 66.8 Å². The predicted octanol–water partition coefficient (Wildman–Crippen LogP) is 2.56. The summed E-state index contributed by atoms with van der Waals surface area (Å²) in [6, 6.07) is 11.8. The lowest BCUT2D eigenvalue weighted by Gasteiger charge is -2.37. The summed E-state index contributed by atoms with van der Waals surface area (Å²) in [7, 11) is -3.90. The fourth-order valence-corrected chi connectivity index (χ4v) is 5.02. The first-order valence-electron chi connectivity index (χ1n) is 10.1. The Kier molecular flexibility index (Phi) is 6.96. The van der Waals surface area contributed by atoms with Crippen LogP contribution in [0, 0.1) is 0 Å². The summed E-state index contributed by atoms with van der Waals surface area (Å²) in [5.74, 6) is -1.14. The van der Waals surface area contributed by atoms with Crippen LogP contribution in [0.25, 0.3) is 0 Å². The number of ketones is 1. The Bertz CT molecular complexity index is 1110. The molecule has 7 nitrogen and oxygen atoms in total. The van der Waals surface area contributed by atoms with E-state index in [2.05, 4.69) is 0 Å². The molecule has 2 aromatic rings. The molecular formula is C22H23F3N2O5S. The predicted molar refractivity (Wildman–Crippen MR) is 113 cm³/mol. The largest absolute Gasteiger partial charge is 0.421 e. The van der Waals surface area contributed by atoms with Crippen LogP contribution in [0.2, 0.25) is 0 Å². The molecule has 1 aliphatic rings. The first kappa shape index (κ1) is 24.9. The number of piperazine rings is 1. The van der Waals surface area contributed by atoms with E-state index < -0.39 is 39.7 Å². The quantitative estimate of drug-likeness (QED) is 0.636. The van der Waals surface area contributed by atoms with E-state index in [-0.39, 0.29) is 36.9 Å². The number of alkyl halides is 3. The molecule has 0 unspecified atom stereocenters. The molecule has 1 saturated heterocycles. The Morgan fingerprint density at radius 1 is 0.939 bits per heavy atom. The second kappa shape index (κ2) is 9.24. The molecule has 1 aliphatic heterocycles. The van der Waals surface area contributed by atoms with Gasteiger partial charge in [0.25, 0.3) is 0 Å². The summed E-state index contributed by atoms with van der Waals surface area (Å²) in [6.45, 7) is 0.895. The van der Waals surface area contributed by atoms with Crippen molar-refractivity contribution in [2.75, 3.05) is 26.2 Å². The monoisotopic (exact) mass is 484 g/mol. The molecule has 1 fully saturated rings. The topological polar surface area (TPSA) is 95.0 Å². The van der Waals surface area contributed by atoms with Crippen LogP contribution in [0.4, 0.5) is 13.2 Å². The molecule has 0 saturated carbocycles. The molecule has 178 valence electrons. The summed E-state index contributed by atoms with van der Waals surface area (Å²) in [4.78, 5) is 25.1. The minimum absolute atomic E-state index is 0.0252. The van der Waals surface area contributed by atoms with Gasteiger partial charge >= 0.3 is 6.18 Å². The lowest BCUT2D eigenvalue weighted by Crippen LogP contribution is -2.53. The van der Waals surface area contributed by atoms with Crippen molar-refractivity contribution in [3.05, 3.63) is 65.7 Å². The lowest BCUT2D eigenvalue weighted by molar-refractivity contribution is -0.268. The summed E-state index contributed by atoms with van der Waals surface area (Å²) >= 11 is 0. The van der Waals surface area contributed by atoms with E-state index in [4.69, 9.17) is 0 Å². The van der Waals surface area contributed by atoms with Crippen LogP contribution >= 0.6 is 0 Å². The smallest absolute Gasteiger partial charge is 0.376 e. The zero-order chi connectivity index (χ0) is 24.4. The Labute approximate surface area is 189 Å². The average Bonchev–Trinajstić information content (AvgIpc) is 2.79. The van der Waals surface area contributed by atoms with Gasteiger partial charge in [0.05, 0.1) is 11.3 Å². The summed E-state index contributed by atoms with van der Waals surface area (Å²) < 4.78 is 67.8. The van der Waals surface area contributed by atoms with E-state index in [1.54, 1.807) is 0 Å². The molecule has 0 aromatic heterocycles. The molecule has 1 heterocycles. The van der Waals surface area contributed by atoms with E-state index in [1.165, 1.54) is 49.4 Å². The molecular weight excluding hydrogens is 461 g/mol. The van der Waals surface area contributed by atoms with Gasteiger partial charge in [0.15, 0.2) is 11.4 Å². The van der Waals surface area contributed by atoms with Gasteiger partial charge in [0, 0.05) is 31.7 Å². The third-order valence-electron chi connectivity index (χ3n) is 5.62. The van der Waals surface area contributed by atoms with E-state index in [1.807, 2.05) is 0 Å². The van der Waals surface area contributed by atoms with Crippen molar-refractivity contribution in [3.8, 4) is 0 Å². The highest BCUT2D eigenvalue weighted by atomic mass is 32.2. The highest BCUT2D eigenvalue weighted by molar-refractivity contribution is 7.89. The van der Waals surface area contributed by atoms with Crippen molar-refractivity contribution in [2.24, 2.45) is 0 Å². The van der Waals surface area contributed by atoms with Crippen molar-refractivity contribution in [2.45, 2.75) is 30.0 Å². The summed E-state index contributed by atoms with van der Waals surface area (Å²) in [6.07, 6.45) is -6.29. The van der Waals surface area contributed by atoms with Gasteiger partial charge in [0.1, 0.15) is 0 Å². The van der Waals surface area contributed by atoms with Crippen molar-refractivity contribution in [3.63, 3.8) is 0 Å². The first-order valence-corrected chi connectivity index (χ1v) is 11.5. The first-order chi connectivity index (χ1) is 15.4. The zero-order valence-corrected chi connectivity index (χ0v) is 18.6. The van der Waals surface area contributed by atoms with Crippen LogP contribution in [0.15, 0.2) is 59.5 Å². The Morgan fingerprint density at radius 3 is 1.97 bits per heavy atom. The maximum Gasteiger partial charge on any atom is 0.421 e. The minimum Gasteiger partial charge on any atom is -0.376 e. The van der Waals surface area contributed by atoms with Crippen LogP contribution in [0.3, 0.4) is 0 Å². The van der Waals surface area contributed by atoms with Crippen LogP contribution in [0.5, 0.6) is 0 Å². The molecule has 0 spiro atoms. The Morgan fingerprint density at radius 2 is 1.48 bits per heavy atom.